The van der Waals surface area contributed by atoms with Crippen molar-refractivity contribution in [1.82, 2.24) is 9.88 Å². The molecule has 8 nitrogen and oxygen atoms in total. The molecule has 0 spiro atoms. The molecule has 1 amide bonds. The Morgan fingerprint density at radius 3 is 2.17 bits per heavy atom. The minimum atomic E-state index is -4.88. The van der Waals surface area contributed by atoms with E-state index < -0.39 is 88.7 Å². The summed E-state index contributed by atoms with van der Waals surface area (Å²) in [7, 11) is 1.31. The summed E-state index contributed by atoms with van der Waals surface area (Å²) in [4.78, 5) is 37.9. The molecular weight excluding hydrogens is 634 g/mol. The summed E-state index contributed by atoms with van der Waals surface area (Å²) in [6, 6.07) is 0.311. The highest BCUT2D eigenvalue weighted by Crippen LogP contribution is 2.40. The minimum Gasteiger partial charge on any atom is -0.480 e. The highest BCUT2D eigenvalue weighted by Gasteiger charge is 2.39. The van der Waals surface area contributed by atoms with Crippen LogP contribution in [0.3, 0.4) is 0 Å². The van der Waals surface area contributed by atoms with Crippen LogP contribution < -0.4 is 16.2 Å². The molecule has 0 fully saturated rings. The van der Waals surface area contributed by atoms with Gasteiger partial charge in [-0.05, 0) is 53.8 Å². The van der Waals surface area contributed by atoms with Crippen molar-refractivity contribution in [3.8, 4) is 11.1 Å². The van der Waals surface area contributed by atoms with Gasteiger partial charge in [-0.1, -0.05) is 19.1 Å². The van der Waals surface area contributed by atoms with Gasteiger partial charge in [-0.3, -0.25) is 9.59 Å². The Morgan fingerprint density at radius 1 is 1.02 bits per heavy atom. The fraction of sp³-hybridized carbons (Fsp3) is 0.367. The maximum atomic E-state index is 14.8. The number of alkyl halides is 6. The molecule has 2 heterocycles. The third-order valence-electron chi connectivity index (χ3n) is 7.71. The summed E-state index contributed by atoms with van der Waals surface area (Å²) in [5.41, 5.74) is -3.88. The number of hydrogen-bond acceptors (Lipinski definition) is 5. The zero-order valence-electron chi connectivity index (χ0n) is 24.4. The van der Waals surface area contributed by atoms with E-state index >= 15 is 0 Å². The molecule has 1 aromatic heterocycles. The van der Waals surface area contributed by atoms with E-state index in [4.69, 9.17) is 4.74 Å². The quantitative estimate of drug-likeness (QED) is 0.248. The largest absolute Gasteiger partial charge is 0.480 e. The van der Waals surface area contributed by atoms with E-state index in [1.54, 1.807) is 0 Å². The number of carboxylic acids is 1. The van der Waals surface area contributed by atoms with Gasteiger partial charge in [-0.2, -0.15) is 26.3 Å². The van der Waals surface area contributed by atoms with Crippen molar-refractivity contribution in [1.29, 1.82) is 0 Å². The Kier molecular flexibility index (Phi) is 9.52. The molecule has 3 aromatic rings. The van der Waals surface area contributed by atoms with Crippen molar-refractivity contribution in [2.45, 2.75) is 64.3 Å². The zero-order valence-corrected chi connectivity index (χ0v) is 24.4. The SMILES string of the molecule is CCC(Nc1cc(F)c(C(=O)NC(Cc2ccc(-c3c(C(F)(F)F)cc(C)n(C)c3=O)c3c2COC3)C(=O)O)c(F)c1)C(F)(F)F. The Labute approximate surface area is 256 Å². The molecule has 4 rings (SSSR count). The number of nitrogens with zero attached hydrogens (tertiary/aromatic N) is 1. The van der Waals surface area contributed by atoms with Gasteiger partial charge < -0.3 is 25.0 Å². The number of carboxylic acid groups (broad SMARTS) is 1. The molecule has 248 valence electrons. The number of aliphatic carboxylic acids is 1. The topological polar surface area (TPSA) is 110 Å². The normalized spacial score (nSPS) is 14.5. The second-order valence-corrected chi connectivity index (χ2v) is 10.7. The van der Waals surface area contributed by atoms with Crippen molar-refractivity contribution < 1.29 is 54.6 Å². The summed E-state index contributed by atoms with van der Waals surface area (Å²) in [5.74, 6) is -6.26. The lowest BCUT2D eigenvalue weighted by atomic mass is 9.89. The van der Waals surface area contributed by atoms with Gasteiger partial charge in [0.25, 0.3) is 11.5 Å². The zero-order chi connectivity index (χ0) is 34.3. The molecule has 0 bridgehead atoms. The standard InChI is InChI=1S/C30H27F8N3O5/c1-4-23(30(36,37)38)39-15-9-20(31)25(21(32)10-15)26(42)40-22(28(44)45)8-14-5-6-16(18-12-46-11-17(14)18)24-19(29(33,34)35)7-13(2)41(3)27(24)43/h5-7,9-10,22-23,39H,4,8,11-12H2,1-3H3,(H,40,42)(H,44,45). The molecule has 1 aliphatic heterocycles. The number of halogens is 8. The molecule has 0 aliphatic carbocycles. The Morgan fingerprint density at radius 2 is 1.63 bits per heavy atom. The Balaban J connectivity index is 1.66. The lowest BCUT2D eigenvalue weighted by Gasteiger charge is -2.22. The molecule has 2 unspecified atom stereocenters. The van der Waals surface area contributed by atoms with Gasteiger partial charge in [-0.25, -0.2) is 13.6 Å². The molecule has 0 saturated carbocycles. The fourth-order valence-electron chi connectivity index (χ4n) is 5.21. The smallest absolute Gasteiger partial charge is 0.417 e. The first-order valence-electron chi connectivity index (χ1n) is 13.7. The second-order valence-electron chi connectivity index (χ2n) is 10.7. The molecule has 3 N–H and O–H groups in total. The number of nitrogens with one attached hydrogen (secondary N) is 2. The van der Waals surface area contributed by atoms with Crippen LogP contribution in [-0.2, 0) is 42.4 Å². The van der Waals surface area contributed by atoms with Gasteiger partial charge in [0.1, 0.15) is 29.3 Å². The number of ether oxygens (including phenoxy) is 1. The van der Waals surface area contributed by atoms with Crippen LogP contribution in [0, 0.1) is 18.6 Å². The molecule has 1 aliphatic rings. The molecule has 0 radical (unpaired) electrons. The average molecular weight is 662 g/mol. The third-order valence-corrected chi connectivity index (χ3v) is 7.71. The van der Waals surface area contributed by atoms with Gasteiger partial charge in [-0.15, -0.1) is 0 Å². The first kappa shape index (κ1) is 34.4. The number of fused-ring (bicyclic) bond motifs is 1. The molecule has 16 heteroatoms. The third kappa shape index (κ3) is 6.85. The number of amides is 1. The maximum absolute atomic E-state index is 14.8. The molecule has 0 saturated heterocycles. The van der Waals surface area contributed by atoms with E-state index in [1.165, 1.54) is 33.0 Å². The first-order valence-corrected chi connectivity index (χ1v) is 13.7. The van der Waals surface area contributed by atoms with E-state index in [0.29, 0.717) is 12.1 Å². The van der Waals surface area contributed by atoms with Gasteiger partial charge in [0, 0.05) is 24.8 Å². The van der Waals surface area contributed by atoms with Crippen molar-refractivity contribution in [2.75, 3.05) is 5.32 Å². The lowest BCUT2D eigenvalue weighted by molar-refractivity contribution is -0.143. The Hall–Kier alpha value is -4.47. The van der Waals surface area contributed by atoms with Gasteiger partial charge >= 0.3 is 18.3 Å². The first-order chi connectivity index (χ1) is 21.3. The van der Waals surface area contributed by atoms with Gasteiger partial charge in [0.2, 0.25) is 0 Å². The van der Waals surface area contributed by atoms with E-state index in [1.807, 2.05) is 10.6 Å². The van der Waals surface area contributed by atoms with E-state index in [-0.39, 0.29) is 41.2 Å². The number of hydrogen-bond donors (Lipinski definition) is 3. The number of anilines is 1. The summed E-state index contributed by atoms with van der Waals surface area (Å²) < 4.78 is 117. The number of carbonyl (C=O) groups excluding carboxylic acids is 1. The van der Waals surface area contributed by atoms with E-state index in [0.717, 1.165) is 10.6 Å². The van der Waals surface area contributed by atoms with Crippen LogP contribution in [0.1, 0.15) is 51.7 Å². The van der Waals surface area contributed by atoms with Crippen LogP contribution in [0.4, 0.5) is 40.8 Å². The summed E-state index contributed by atoms with van der Waals surface area (Å²) in [5, 5.41) is 13.7. The number of aromatic nitrogens is 1. The summed E-state index contributed by atoms with van der Waals surface area (Å²) >= 11 is 0. The van der Waals surface area contributed by atoms with Gasteiger partial charge in [0.05, 0.1) is 24.3 Å². The minimum absolute atomic E-state index is 0.0656. The van der Waals surface area contributed by atoms with Crippen LogP contribution in [0.2, 0.25) is 0 Å². The molecule has 2 atom stereocenters. The Bertz CT molecular complexity index is 1730. The van der Waals surface area contributed by atoms with Crippen LogP contribution in [0.25, 0.3) is 11.1 Å². The fourth-order valence-corrected chi connectivity index (χ4v) is 5.21. The maximum Gasteiger partial charge on any atom is 0.417 e. The summed E-state index contributed by atoms with van der Waals surface area (Å²) in [6.45, 7) is 2.17. The highest BCUT2D eigenvalue weighted by atomic mass is 19.4. The number of pyridine rings is 1. The number of carbonyl (C=O) groups is 2. The van der Waals surface area contributed by atoms with Crippen LogP contribution in [0.15, 0.2) is 35.1 Å². The second kappa shape index (κ2) is 12.7. The monoisotopic (exact) mass is 661 g/mol. The number of benzene rings is 2. The van der Waals surface area contributed by atoms with E-state index in [9.17, 15) is 54.6 Å². The number of aryl methyl sites for hydroxylation is 1. The lowest BCUT2D eigenvalue weighted by Crippen LogP contribution is -2.43. The molecule has 2 aromatic carbocycles. The number of rotatable bonds is 9. The van der Waals surface area contributed by atoms with Crippen molar-refractivity contribution in [2.24, 2.45) is 7.05 Å². The van der Waals surface area contributed by atoms with Crippen molar-refractivity contribution >= 4 is 17.6 Å². The highest BCUT2D eigenvalue weighted by molar-refractivity contribution is 5.97. The van der Waals surface area contributed by atoms with Crippen LogP contribution in [0.5, 0.6) is 0 Å². The molecule has 46 heavy (non-hydrogen) atoms. The predicted molar refractivity (Wildman–Crippen MR) is 148 cm³/mol. The average Bonchev–Trinajstić information content (AvgIpc) is 3.43. The van der Waals surface area contributed by atoms with Crippen molar-refractivity contribution in [3.63, 3.8) is 0 Å². The predicted octanol–water partition coefficient (Wildman–Crippen LogP) is 5.87. The van der Waals surface area contributed by atoms with Gasteiger partial charge in [0.15, 0.2) is 0 Å². The van der Waals surface area contributed by atoms with Crippen LogP contribution in [-0.4, -0.2) is 39.8 Å². The van der Waals surface area contributed by atoms with E-state index in [2.05, 4.69) is 0 Å². The molecular formula is C30H27F8N3O5. The van der Waals surface area contributed by atoms with Crippen molar-refractivity contribution in [3.05, 3.63) is 85.8 Å². The van der Waals surface area contributed by atoms with Crippen LogP contribution >= 0.6 is 0 Å². The summed E-state index contributed by atoms with van der Waals surface area (Å²) in [6.07, 6.45) is -10.6.